The van der Waals surface area contributed by atoms with Crippen LogP contribution >= 0.6 is 0 Å². The number of hydrogen-bond donors (Lipinski definition) is 2. The van der Waals surface area contributed by atoms with Crippen LogP contribution in [0.25, 0.3) is 10.9 Å². The fourth-order valence-corrected chi connectivity index (χ4v) is 2.69. The molecule has 25 heavy (non-hydrogen) atoms. The Morgan fingerprint density at radius 3 is 2.56 bits per heavy atom. The van der Waals surface area contributed by atoms with Crippen molar-refractivity contribution in [1.29, 1.82) is 0 Å². The molecule has 0 saturated heterocycles. The Kier molecular flexibility index (Phi) is 4.79. The summed E-state index contributed by atoms with van der Waals surface area (Å²) in [5.41, 5.74) is 7.63. The minimum atomic E-state index is -1.23. The molecule has 0 aliphatic carbocycles. The molecular weight excluding hydrogens is 323 g/mol. The van der Waals surface area contributed by atoms with Crippen molar-refractivity contribution in [2.24, 2.45) is 5.73 Å². The highest BCUT2D eigenvalue weighted by atomic mass is 19.1. The summed E-state index contributed by atoms with van der Waals surface area (Å²) in [5.74, 6) is -1.79. The maximum absolute atomic E-state index is 13.0. The lowest BCUT2D eigenvalue weighted by Crippen LogP contribution is -2.26. The quantitative estimate of drug-likeness (QED) is 0.677. The fraction of sp³-hybridized carbons (Fsp3) is 0.158. The van der Waals surface area contributed by atoms with Crippen molar-refractivity contribution in [3.05, 3.63) is 71.7 Å². The second kappa shape index (κ2) is 7.17. The third-order valence-electron chi connectivity index (χ3n) is 3.95. The highest BCUT2D eigenvalue weighted by Crippen LogP contribution is 2.21. The Balaban J connectivity index is 1.66. The van der Waals surface area contributed by atoms with Crippen molar-refractivity contribution < 1.29 is 18.7 Å². The van der Waals surface area contributed by atoms with Crippen LogP contribution in [0.4, 0.5) is 4.39 Å². The summed E-state index contributed by atoms with van der Waals surface area (Å²) in [5, 5.41) is 1.04. The van der Waals surface area contributed by atoms with Crippen molar-refractivity contribution in [2.45, 2.75) is 18.9 Å². The molecular formula is C19H17FN2O3. The van der Waals surface area contributed by atoms with Crippen molar-refractivity contribution in [3.63, 3.8) is 0 Å². The van der Waals surface area contributed by atoms with Crippen LogP contribution in [-0.2, 0) is 20.7 Å². The minimum Gasteiger partial charge on any atom is -0.447 e. The first-order valence-electron chi connectivity index (χ1n) is 7.84. The molecule has 1 amide bonds. The van der Waals surface area contributed by atoms with Gasteiger partial charge in [0.2, 0.25) is 6.10 Å². The monoisotopic (exact) mass is 340 g/mol. The lowest BCUT2D eigenvalue weighted by Gasteiger charge is -2.15. The van der Waals surface area contributed by atoms with E-state index in [1.54, 1.807) is 0 Å². The number of ether oxygens (including phenoxy) is 1. The molecule has 0 bridgehead atoms. The average molecular weight is 340 g/mol. The van der Waals surface area contributed by atoms with Gasteiger partial charge in [-0.15, -0.1) is 0 Å². The van der Waals surface area contributed by atoms with Crippen molar-refractivity contribution in [3.8, 4) is 0 Å². The van der Waals surface area contributed by atoms with E-state index in [1.807, 2.05) is 30.5 Å². The topological polar surface area (TPSA) is 85.2 Å². The molecule has 3 N–H and O–H groups in total. The lowest BCUT2D eigenvalue weighted by molar-refractivity contribution is -0.155. The maximum atomic E-state index is 13.0. The van der Waals surface area contributed by atoms with Crippen LogP contribution in [-0.4, -0.2) is 16.9 Å². The second-order valence-electron chi connectivity index (χ2n) is 5.68. The number of carbonyl (C=O) groups excluding carboxylic acids is 2. The molecule has 5 nitrogen and oxygen atoms in total. The average Bonchev–Trinajstić information content (AvgIpc) is 3.02. The van der Waals surface area contributed by atoms with Crippen molar-refractivity contribution >= 4 is 22.8 Å². The highest BCUT2D eigenvalue weighted by Gasteiger charge is 2.22. The molecule has 1 heterocycles. The summed E-state index contributed by atoms with van der Waals surface area (Å²) in [6.07, 6.45) is 1.20. The Hall–Kier alpha value is -3.15. The van der Waals surface area contributed by atoms with Gasteiger partial charge < -0.3 is 15.5 Å². The molecule has 128 valence electrons. The summed E-state index contributed by atoms with van der Waals surface area (Å²) < 4.78 is 18.2. The number of nitrogens with two attached hydrogens (primary N) is 1. The van der Waals surface area contributed by atoms with E-state index in [2.05, 4.69) is 4.98 Å². The molecule has 2 aromatic carbocycles. The number of nitrogens with one attached hydrogen (secondary N) is 1. The van der Waals surface area contributed by atoms with Crippen LogP contribution in [0.3, 0.4) is 0 Å². The Labute approximate surface area is 143 Å². The van der Waals surface area contributed by atoms with Crippen LogP contribution in [0.1, 0.15) is 23.7 Å². The second-order valence-corrected chi connectivity index (χ2v) is 5.68. The van der Waals surface area contributed by atoms with Crippen molar-refractivity contribution in [2.75, 3.05) is 0 Å². The fourth-order valence-electron chi connectivity index (χ4n) is 2.69. The summed E-state index contributed by atoms with van der Waals surface area (Å²) in [6, 6.07) is 12.9. The zero-order chi connectivity index (χ0) is 17.8. The van der Waals surface area contributed by atoms with Crippen LogP contribution in [0.5, 0.6) is 0 Å². The first-order valence-corrected chi connectivity index (χ1v) is 7.84. The first-order chi connectivity index (χ1) is 12.0. The summed E-state index contributed by atoms with van der Waals surface area (Å²) in [4.78, 5) is 26.8. The minimum absolute atomic E-state index is 0.104. The van der Waals surface area contributed by atoms with Gasteiger partial charge >= 0.3 is 5.97 Å². The number of amides is 1. The molecule has 0 aliphatic rings. The SMILES string of the molecule is NC(=O)C(OC(=O)CCc1c[nH]c2ccccc12)c1ccc(F)cc1. The number of fused-ring (bicyclic) bond motifs is 1. The zero-order valence-corrected chi connectivity index (χ0v) is 13.4. The third kappa shape index (κ3) is 3.85. The van der Waals surface area contributed by atoms with E-state index in [9.17, 15) is 14.0 Å². The number of aromatic nitrogens is 1. The third-order valence-corrected chi connectivity index (χ3v) is 3.95. The number of hydrogen-bond acceptors (Lipinski definition) is 3. The molecule has 0 spiro atoms. The van der Waals surface area contributed by atoms with E-state index in [4.69, 9.17) is 10.5 Å². The number of benzene rings is 2. The number of H-pyrrole nitrogens is 1. The highest BCUT2D eigenvalue weighted by molar-refractivity contribution is 5.85. The maximum Gasteiger partial charge on any atom is 0.307 e. The lowest BCUT2D eigenvalue weighted by atomic mass is 10.1. The van der Waals surface area contributed by atoms with Gasteiger partial charge in [0.05, 0.1) is 0 Å². The van der Waals surface area contributed by atoms with Gasteiger partial charge in [-0.2, -0.15) is 0 Å². The summed E-state index contributed by atoms with van der Waals surface area (Å²) >= 11 is 0. The van der Waals surface area contributed by atoms with Crippen LogP contribution in [0.15, 0.2) is 54.7 Å². The summed E-state index contributed by atoms with van der Waals surface area (Å²) in [7, 11) is 0. The first kappa shape index (κ1) is 16.7. The summed E-state index contributed by atoms with van der Waals surface area (Å²) in [6.45, 7) is 0. The molecule has 0 saturated carbocycles. The van der Waals surface area contributed by atoms with Gasteiger partial charge in [-0.1, -0.05) is 30.3 Å². The normalized spacial score (nSPS) is 12.0. The molecule has 1 unspecified atom stereocenters. The largest absolute Gasteiger partial charge is 0.447 e. The van der Waals surface area contributed by atoms with Gasteiger partial charge in [0, 0.05) is 29.1 Å². The van der Waals surface area contributed by atoms with Crippen LogP contribution < -0.4 is 5.73 Å². The molecule has 0 fully saturated rings. The van der Waals surface area contributed by atoms with E-state index >= 15 is 0 Å². The predicted molar refractivity (Wildman–Crippen MR) is 91.0 cm³/mol. The van der Waals surface area contributed by atoms with E-state index in [0.29, 0.717) is 12.0 Å². The van der Waals surface area contributed by atoms with E-state index in [-0.39, 0.29) is 6.42 Å². The molecule has 3 aromatic rings. The number of primary amides is 1. The molecule has 0 aliphatic heterocycles. The number of esters is 1. The zero-order valence-electron chi connectivity index (χ0n) is 13.4. The van der Waals surface area contributed by atoms with Gasteiger partial charge in [0.1, 0.15) is 5.82 Å². The van der Waals surface area contributed by atoms with Gasteiger partial charge in [0.25, 0.3) is 5.91 Å². The number of carbonyl (C=O) groups is 2. The van der Waals surface area contributed by atoms with Gasteiger partial charge in [-0.25, -0.2) is 4.39 Å². The smallest absolute Gasteiger partial charge is 0.307 e. The van der Waals surface area contributed by atoms with E-state index < -0.39 is 23.8 Å². The Morgan fingerprint density at radius 1 is 1.12 bits per heavy atom. The number of aryl methyl sites for hydroxylation is 1. The van der Waals surface area contributed by atoms with E-state index in [1.165, 1.54) is 24.3 Å². The van der Waals surface area contributed by atoms with Crippen LogP contribution in [0, 0.1) is 5.82 Å². The number of para-hydroxylation sites is 1. The Morgan fingerprint density at radius 2 is 1.84 bits per heavy atom. The van der Waals surface area contributed by atoms with Gasteiger partial charge in [-0.05, 0) is 30.2 Å². The predicted octanol–water partition coefficient (Wildman–Crippen LogP) is 3.01. The van der Waals surface area contributed by atoms with Gasteiger partial charge in [-0.3, -0.25) is 9.59 Å². The molecule has 0 radical (unpaired) electrons. The standard InChI is InChI=1S/C19H17FN2O3/c20-14-8-5-12(6-9-14)18(19(21)24)25-17(23)10-7-13-11-22-16-4-2-1-3-15(13)16/h1-6,8-9,11,18,22H,7,10H2,(H2,21,24). The number of halogens is 1. The van der Waals surface area contributed by atoms with Crippen molar-refractivity contribution in [1.82, 2.24) is 4.98 Å². The molecule has 3 rings (SSSR count). The number of aromatic amines is 1. The van der Waals surface area contributed by atoms with Crippen LogP contribution in [0.2, 0.25) is 0 Å². The number of rotatable bonds is 6. The molecule has 1 aromatic heterocycles. The molecule has 1 atom stereocenters. The van der Waals surface area contributed by atoms with Gasteiger partial charge in [0.15, 0.2) is 0 Å². The Bertz CT molecular complexity index is 902. The van der Waals surface area contributed by atoms with E-state index in [0.717, 1.165) is 16.5 Å². The molecule has 6 heteroatoms.